The number of nitrogens with zero attached hydrogens (tertiary/aromatic N) is 1. The highest BCUT2D eigenvalue weighted by molar-refractivity contribution is 7.91. The van der Waals surface area contributed by atoms with Crippen LogP contribution in [0.3, 0.4) is 0 Å². The molecular weight excluding hydrogens is 322 g/mol. The van der Waals surface area contributed by atoms with Crippen LogP contribution in [0.4, 0.5) is 5.69 Å². The minimum atomic E-state index is -3.17. The summed E-state index contributed by atoms with van der Waals surface area (Å²) >= 11 is 0. The third-order valence-corrected chi connectivity index (χ3v) is 5.42. The maximum atomic E-state index is 12.0. The standard InChI is InChI=1S/C14H17N3O5S/c1-17(11-6-7-23(21,22)8-11)14(20)13(19)16-12(18)9-2-4-10(15)5-3-9/h2-5,11H,6-8,15H2,1H3,(H,16,18,19). The summed E-state index contributed by atoms with van der Waals surface area (Å²) in [5, 5.41) is 1.98. The highest BCUT2D eigenvalue weighted by Gasteiger charge is 2.35. The second kappa shape index (κ2) is 6.37. The number of nitrogen functional groups attached to an aromatic ring is 1. The Balaban J connectivity index is 1.98. The van der Waals surface area contributed by atoms with Gasteiger partial charge in [0, 0.05) is 24.3 Å². The first-order valence-corrected chi connectivity index (χ1v) is 8.70. The van der Waals surface area contributed by atoms with Gasteiger partial charge in [-0.2, -0.15) is 0 Å². The highest BCUT2D eigenvalue weighted by Crippen LogP contribution is 2.16. The van der Waals surface area contributed by atoms with Crippen molar-refractivity contribution in [1.29, 1.82) is 0 Å². The molecule has 0 saturated carbocycles. The van der Waals surface area contributed by atoms with Crippen LogP contribution in [0.5, 0.6) is 0 Å². The van der Waals surface area contributed by atoms with Gasteiger partial charge in [0.05, 0.1) is 11.5 Å². The van der Waals surface area contributed by atoms with Crippen LogP contribution in [0.25, 0.3) is 0 Å². The minimum Gasteiger partial charge on any atom is -0.399 e. The predicted octanol–water partition coefficient (Wildman–Crippen LogP) is -0.829. The van der Waals surface area contributed by atoms with Gasteiger partial charge in [0.15, 0.2) is 9.84 Å². The number of carbonyl (C=O) groups excluding carboxylic acids is 3. The third kappa shape index (κ3) is 4.07. The molecule has 1 unspecified atom stereocenters. The highest BCUT2D eigenvalue weighted by atomic mass is 32.2. The number of hydrogen-bond donors (Lipinski definition) is 2. The molecule has 2 rings (SSSR count). The van der Waals surface area contributed by atoms with Crippen molar-refractivity contribution >= 4 is 33.2 Å². The number of sulfone groups is 1. The Labute approximate surface area is 133 Å². The molecule has 3 N–H and O–H groups in total. The summed E-state index contributed by atoms with van der Waals surface area (Å²) < 4.78 is 22.9. The molecule has 1 aromatic rings. The monoisotopic (exact) mass is 339 g/mol. The van der Waals surface area contributed by atoms with Crippen LogP contribution < -0.4 is 11.1 Å². The summed E-state index contributed by atoms with van der Waals surface area (Å²) in [7, 11) is -1.83. The van der Waals surface area contributed by atoms with Gasteiger partial charge in [-0.05, 0) is 30.7 Å². The van der Waals surface area contributed by atoms with E-state index in [9.17, 15) is 22.8 Å². The Kier molecular flexibility index (Phi) is 4.69. The fourth-order valence-electron chi connectivity index (χ4n) is 2.27. The Morgan fingerprint density at radius 1 is 1.22 bits per heavy atom. The molecule has 1 saturated heterocycles. The predicted molar refractivity (Wildman–Crippen MR) is 83.2 cm³/mol. The van der Waals surface area contributed by atoms with Gasteiger partial charge in [-0.3, -0.25) is 19.7 Å². The van der Waals surface area contributed by atoms with E-state index < -0.39 is 33.6 Å². The normalized spacial score (nSPS) is 19.1. The lowest BCUT2D eigenvalue weighted by atomic mass is 10.2. The van der Waals surface area contributed by atoms with Crippen molar-refractivity contribution in [2.45, 2.75) is 12.5 Å². The van der Waals surface area contributed by atoms with Crippen molar-refractivity contribution in [3.05, 3.63) is 29.8 Å². The molecule has 1 aliphatic rings. The molecule has 0 aromatic heterocycles. The Morgan fingerprint density at radius 2 is 1.83 bits per heavy atom. The number of imide groups is 1. The van der Waals surface area contributed by atoms with Gasteiger partial charge in [0.2, 0.25) is 0 Å². The average Bonchev–Trinajstić information content (AvgIpc) is 2.86. The summed E-state index contributed by atoms with van der Waals surface area (Å²) in [6.07, 6.45) is 0.282. The Hall–Kier alpha value is -2.42. The van der Waals surface area contributed by atoms with E-state index >= 15 is 0 Å². The fraction of sp³-hybridized carbons (Fsp3) is 0.357. The lowest BCUT2D eigenvalue weighted by Crippen LogP contribution is -2.47. The smallest absolute Gasteiger partial charge is 0.316 e. The molecule has 8 nitrogen and oxygen atoms in total. The van der Waals surface area contributed by atoms with Gasteiger partial charge in [0.25, 0.3) is 5.91 Å². The molecule has 0 radical (unpaired) electrons. The van der Waals surface area contributed by atoms with Crippen LogP contribution in [0.15, 0.2) is 24.3 Å². The molecule has 9 heteroatoms. The number of nitrogens with one attached hydrogen (secondary N) is 1. The van der Waals surface area contributed by atoms with Crippen molar-refractivity contribution in [3.8, 4) is 0 Å². The van der Waals surface area contributed by atoms with Crippen molar-refractivity contribution in [3.63, 3.8) is 0 Å². The van der Waals surface area contributed by atoms with Gasteiger partial charge in [0.1, 0.15) is 0 Å². The number of nitrogens with two attached hydrogens (primary N) is 1. The molecule has 124 valence electrons. The number of likely N-dealkylation sites (N-methyl/N-ethyl adjacent to an activating group) is 1. The first kappa shape index (κ1) is 16.9. The minimum absolute atomic E-state index is 0.0126. The number of anilines is 1. The summed E-state index contributed by atoms with van der Waals surface area (Å²) in [5.74, 6) is -2.96. The van der Waals surface area contributed by atoms with Gasteiger partial charge >= 0.3 is 11.8 Å². The molecule has 0 aliphatic carbocycles. The molecule has 1 aromatic carbocycles. The molecule has 1 fully saturated rings. The largest absolute Gasteiger partial charge is 0.399 e. The third-order valence-electron chi connectivity index (χ3n) is 3.67. The lowest BCUT2D eigenvalue weighted by Gasteiger charge is -2.22. The molecule has 0 bridgehead atoms. The first-order valence-electron chi connectivity index (χ1n) is 6.88. The average molecular weight is 339 g/mol. The fourth-order valence-corrected chi connectivity index (χ4v) is 4.04. The molecule has 3 amide bonds. The summed E-state index contributed by atoms with van der Waals surface area (Å²) in [6.45, 7) is 0. The number of rotatable bonds is 2. The van der Waals surface area contributed by atoms with Crippen molar-refractivity contribution < 1.29 is 22.8 Å². The van der Waals surface area contributed by atoms with E-state index in [2.05, 4.69) is 0 Å². The second-order valence-electron chi connectivity index (χ2n) is 5.38. The molecule has 1 heterocycles. The van der Waals surface area contributed by atoms with E-state index in [1.807, 2.05) is 5.32 Å². The Bertz CT molecular complexity index is 742. The first-order chi connectivity index (χ1) is 10.7. The molecular formula is C14H17N3O5S. The summed E-state index contributed by atoms with van der Waals surface area (Å²) in [4.78, 5) is 36.8. The van der Waals surface area contributed by atoms with Crippen LogP contribution in [0, 0.1) is 0 Å². The van der Waals surface area contributed by atoms with Gasteiger partial charge in [-0.1, -0.05) is 0 Å². The number of carbonyl (C=O) groups is 3. The van der Waals surface area contributed by atoms with E-state index in [4.69, 9.17) is 5.73 Å². The number of amides is 3. The SMILES string of the molecule is CN(C(=O)C(=O)NC(=O)c1ccc(N)cc1)C1CCS(=O)(=O)C1. The van der Waals surface area contributed by atoms with Crippen LogP contribution >= 0.6 is 0 Å². The second-order valence-corrected chi connectivity index (χ2v) is 7.61. The quantitative estimate of drug-likeness (QED) is 0.535. The topological polar surface area (TPSA) is 127 Å². The number of benzene rings is 1. The molecule has 0 spiro atoms. The zero-order chi connectivity index (χ0) is 17.2. The van der Waals surface area contributed by atoms with Crippen LogP contribution in [-0.4, -0.2) is 55.6 Å². The Morgan fingerprint density at radius 3 is 2.35 bits per heavy atom. The summed E-state index contributed by atoms with van der Waals surface area (Å²) in [6, 6.07) is 5.29. The maximum Gasteiger partial charge on any atom is 0.316 e. The van der Waals surface area contributed by atoms with E-state index in [1.54, 1.807) is 0 Å². The van der Waals surface area contributed by atoms with E-state index in [1.165, 1.54) is 31.3 Å². The maximum absolute atomic E-state index is 12.0. The van der Waals surface area contributed by atoms with Crippen molar-refractivity contribution in [1.82, 2.24) is 10.2 Å². The molecule has 23 heavy (non-hydrogen) atoms. The van der Waals surface area contributed by atoms with Gasteiger partial charge < -0.3 is 10.6 Å². The van der Waals surface area contributed by atoms with Crippen LogP contribution in [0.1, 0.15) is 16.8 Å². The van der Waals surface area contributed by atoms with Crippen molar-refractivity contribution in [2.75, 3.05) is 24.3 Å². The summed E-state index contributed by atoms with van der Waals surface area (Å²) in [5.41, 5.74) is 6.15. The van der Waals surface area contributed by atoms with Gasteiger partial charge in [-0.25, -0.2) is 8.42 Å². The van der Waals surface area contributed by atoms with Gasteiger partial charge in [-0.15, -0.1) is 0 Å². The zero-order valence-electron chi connectivity index (χ0n) is 12.5. The van der Waals surface area contributed by atoms with Crippen LogP contribution in [0.2, 0.25) is 0 Å². The molecule has 1 aliphatic heterocycles. The lowest BCUT2D eigenvalue weighted by molar-refractivity contribution is -0.145. The zero-order valence-corrected chi connectivity index (χ0v) is 13.3. The van der Waals surface area contributed by atoms with E-state index in [-0.39, 0.29) is 23.5 Å². The molecule has 1 atom stereocenters. The number of hydrogen-bond acceptors (Lipinski definition) is 6. The van der Waals surface area contributed by atoms with Crippen LogP contribution in [-0.2, 0) is 19.4 Å². The van der Waals surface area contributed by atoms with Crippen molar-refractivity contribution in [2.24, 2.45) is 0 Å². The van der Waals surface area contributed by atoms with E-state index in [0.717, 1.165) is 4.90 Å². The van der Waals surface area contributed by atoms with E-state index in [0.29, 0.717) is 5.69 Å².